The summed E-state index contributed by atoms with van der Waals surface area (Å²) in [5.41, 5.74) is 6.32. The summed E-state index contributed by atoms with van der Waals surface area (Å²) in [6.45, 7) is -0.497. The van der Waals surface area contributed by atoms with E-state index < -0.39 is 18.4 Å². The molecule has 6 nitrogen and oxygen atoms in total. The normalized spacial score (nSPS) is 8.25. The van der Waals surface area contributed by atoms with Gasteiger partial charge in [-0.05, 0) is 24.3 Å². The molecule has 1 aromatic carbocycles. The Kier molecular flexibility index (Phi) is 8.79. The van der Waals surface area contributed by atoms with Gasteiger partial charge < -0.3 is 26.4 Å². The van der Waals surface area contributed by atoms with E-state index in [1.807, 2.05) is 0 Å². The molecule has 0 spiro atoms. The van der Waals surface area contributed by atoms with Crippen molar-refractivity contribution in [3.63, 3.8) is 0 Å². The van der Waals surface area contributed by atoms with Crippen molar-refractivity contribution in [2.75, 3.05) is 12.3 Å². The van der Waals surface area contributed by atoms with Crippen LogP contribution in [0.1, 0.15) is 10.4 Å². The first-order valence-corrected chi connectivity index (χ1v) is 3.93. The average Bonchev–Trinajstić information content (AvgIpc) is 2.15. The summed E-state index contributed by atoms with van der Waals surface area (Å²) in [7, 11) is 0. The number of carbonyl (C=O) groups is 2. The second kappa shape index (κ2) is 8.12. The minimum atomic E-state index is -1.33. The van der Waals surface area contributed by atoms with E-state index in [4.69, 9.17) is 5.73 Å². The molecule has 0 aliphatic rings. The number of amides is 1. The molecule has 0 saturated heterocycles. The molecule has 0 saturated carbocycles. The van der Waals surface area contributed by atoms with Gasteiger partial charge in [0.1, 0.15) is 0 Å². The van der Waals surface area contributed by atoms with E-state index in [9.17, 15) is 14.7 Å². The van der Waals surface area contributed by atoms with Crippen LogP contribution in [0.3, 0.4) is 0 Å². The largest absolute Gasteiger partial charge is 1.00 e. The fourth-order valence-electron chi connectivity index (χ4n) is 0.889. The number of hydrogen-bond acceptors (Lipinski definition) is 4. The standard InChI is InChI=1S/C9H10N2O3.Na.H2O/c10-7-3-1-6(2-4-7)9(14)11-5-8(12)13;;/h1-4H,5,10H2,(H,11,14)(H,12,13);;1H2/q;+1;/p-1. The van der Waals surface area contributed by atoms with E-state index in [-0.39, 0.29) is 35.0 Å². The Balaban J connectivity index is 0. The van der Waals surface area contributed by atoms with Gasteiger partial charge in [0.25, 0.3) is 5.91 Å². The molecule has 1 rings (SSSR count). The van der Waals surface area contributed by atoms with Gasteiger partial charge in [-0.1, -0.05) is 0 Å². The molecule has 82 valence electrons. The first-order valence-electron chi connectivity index (χ1n) is 3.93. The van der Waals surface area contributed by atoms with Crippen LogP contribution in [-0.2, 0) is 4.79 Å². The molecular weight excluding hydrogens is 223 g/mol. The maximum atomic E-state index is 11.2. The molecule has 0 bridgehead atoms. The zero-order valence-corrected chi connectivity index (χ0v) is 10.8. The third kappa shape index (κ3) is 5.72. The molecule has 0 radical (unpaired) electrons. The number of anilines is 1. The van der Waals surface area contributed by atoms with Crippen LogP contribution in [0.5, 0.6) is 0 Å². The van der Waals surface area contributed by atoms with Crippen molar-refractivity contribution in [3.8, 4) is 0 Å². The Morgan fingerprint density at radius 1 is 1.25 bits per heavy atom. The quantitative estimate of drug-likeness (QED) is 0.400. The van der Waals surface area contributed by atoms with Crippen molar-refractivity contribution < 1.29 is 49.7 Å². The Morgan fingerprint density at radius 3 is 2.19 bits per heavy atom. The van der Waals surface area contributed by atoms with Gasteiger partial charge in [0.15, 0.2) is 0 Å². The number of carbonyl (C=O) groups excluding carboxylic acids is 2. The first kappa shape index (κ1) is 17.3. The molecule has 0 heterocycles. The fourth-order valence-corrected chi connectivity index (χ4v) is 0.889. The topological polar surface area (TPSA) is 127 Å². The first-order chi connectivity index (χ1) is 6.59. The number of nitrogens with one attached hydrogen (secondary N) is 1. The Morgan fingerprint density at radius 2 is 1.75 bits per heavy atom. The van der Waals surface area contributed by atoms with Crippen LogP contribution in [-0.4, -0.2) is 23.9 Å². The third-order valence-corrected chi connectivity index (χ3v) is 1.57. The van der Waals surface area contributed by atoms with E-state index in [0.717, 1.165) is 0 Å². The maximum absolute atomic E-state index is 11.2. The number of rotatable bonds is 3. The number of aliphatic carboxylic acids is 1. The summed E-state index contributed by atoms with van der Waals surface area (Å²) in [4.78, 5) is 21.3. The fraction of sp³-hybridized carbons (Fsp3) is 0.111. The minimum Gasteiger partial charge on any atom is -0.548 e. The van der Waals surface area contributed by atoms with E-state index in [0.29, 0.717) is 11.3 Å². The van der Waals surface area contributed by atoms with E-state index >= 15 is 0 Å². The van der Waals surface area contributed by atoms with Crippen molar-refractivity contribution in [2.24, 2.45) is 0 Å². The van der Waals surface area contributed by atoms with Crippen LogP contribution < -0.4 is 45.7 Å². The summed E-state index contributed by atoms with van der Waals surface area (Å²) in [5, 5.41) is 12.2. The number of carboxylic acid groups (broad SMARTS) is 1. The molecule has 0 aromatic heterocycles. The maximum Gasteiger partial charge on any atom is 1.00 e. The van der Waals surface area contributed by atoms with Crippen LogP contribution in [0.15, 0.2) is 24.3 Å². The Hall–Kier alpha value is -1.08. The monoisotopic (exact) mass is 234 g/mol. The van der Waals surface area contributed by atoms with Crippen LogP contribution in [0.2, 0.25) is 0 Å². The average molecular weight is 234 g/mol. The smallest absolute Gasteiger partial charge is 0.548 e. The predicted octanol–water partition coefficient (Wildman–Crippen LogP) is -5.07. The zero-order valence-electron chi connectivity index (χ0n) is 8.82. The van der Waals surface area contributed by atoms with E-state index in [2.05, 4.69) is 5.32 Å². The van der Waals surface area contributed by atoms with Gasteiger partial charge >= 0.3 is 29.6 Å². The van der Waals surface area contributed by atoms with E-state index in [1.54, 1.807) is 12.1 Å². The molecule has 0 atom stereocenters. The molecule has 0 unspecified atom stereocenters. The summed E-state index contributed by atoms with van der Waals surface area (Å²) in [5.74, 6) is -1.79. The van der Waals surface area contributed by atoms with Gasteiger partial charge in [-0.2, -0.15) is 0 Å². The van der Waals surface area contributed by atoms with Gasteiger partial charge in [-0.15, -0.1) is 0 Å². The molecule has 0 aliphatic carbocycles. The molecular formula is C9H11N2NaO4. The Labute approximate surface area is 114 Å². The summed E-state index contributed by atoms with van der Waals surface area (Å²) in [6.07, 6.45) is 0. The third-order valence-electron chi connectivity index (χ3n) is 1.57. The molecule has 0 fully saturated rings. The van der Waals surface area contributed by atoms with Crippen molar-refractivity contribution in [1.82, 2.24) is 5.32 Å². The van der Waals surface area contributed by atoms with Crippen molar-refractivity contribution in [3.05, 3.63) is 29.8 Å². The molecule has 7 heteroatoms. The summed E-state index contributed by atoms with van der Waals surface area (Å²) < 4.78 is 0. The summed E-state index contributed by atoms with van der Waals surface area (Å²) in [6, 6.07) is 6.15. The van der Waals surface area contributed by atoms with Gasteiger partial charge in [-0.3, -0.25) is 4.79 Å². The number of hydrogen-bond donors (Lipinski definition) is 2. The SMILES string of the molecule is Nc1ccc(C(=O)NCC(=O)[O-])cc1.O.[Na+]. The zero-order chi connectivity index (χ0) is 10.6. The van der Waals surface area contributed by atoms with Crippen LogP contribution in [0.25, 0.3) is 0 Å². The van der Waals surface area contributed by atoms with Crippen LogP contribution >= 0.6 is 0 Å². The van der Waals surface area contributed by atoms with Gasteiger partial charge in [0.05, 0.1) is 12.5 Å². The molecule has 0 aliphatic heterocycles. The Bertz CT molecular complexity index is 353. The summed E-state index contributed by atoms with van der Waals surface area (Å²) >= 11 is 0. The van der Waals surface area contributed by atoms with Gasteiger partial charge in [-0.25, -0.2) is 0 Å². The number of carboxylic acids is 1. The number of benzene rings is 1. The molecule has 5 N–H and O–H groups in total. The van der Waals surface area contributed by atoms with Crippen molar-refractivity contribution >= 4 is 17.6 Å². The molecule has 1 amide bonds. The number of nitrogens with two attached hydrogens (primary N) is 1. The second-order valence-electron chi connectivity index (χ2n) is 2.68. The molecule has 1 aromatic rings. The molecule has 16 heavy (non-hydrogen) atoms. The number of nitrogen functional groups attached to an aromatic ring is 1. The van der Waals surface area contributed by atoms with Crippen molar-refractivity contribution in [2.45, 2.75) is 0 Å². The van der Waals surface area contributed by atoms with Gasteiger partial charge in [0.2, 0.25) is 0 Å². The minimum absolute atomic E-state index is 0. The predicted molar refractivity (Wildman–Crippen MR) is 51.8 cm³/mol. The van der Waals surface area contributed by atoms with Gasteiger partial charge in [0, 0.05) is 11.3 Å². The van der Waals surface area contributed by atoms with E-state index in [1.165, 1.54) is 12.1 Å². The van der Waals surface area contributed by atoms with Crippen molar-refractivity contribution in [1.29, 1.82) is 0 Å². The second-order valence-corrected chi connectivity index (χ2v) is 2.68. The van der Waals surface area contributed by atoms with Crippen LogP contribution in [0.4, 0.5) is 5.69 Å². The van der Waals surface area contributed by atoms with Crippen LogP contribution in [0, 0.1) is 0 Å².